The first-order valence-electron chi connectivity index (χ1n) is 10.2. The topological polar surface area (TPSA) is 42.0 Å². The Morgan fingerprint density at radius 2 is 1.80 bits per heavy atom. The van der Waals surface area contributed by atoms with Crippen molar-refractivity contribution in [1.29, 1.82) is 0 Å². The number of ether oxygens (including phenoxy) is 2. The summed E-state index contributed by atoms with van der Waals surface area (Å²) in [6.07, 6.45) is 7.52. The van der Waals surface area contributed by atoms with Gasteiger partial charge in [0.05, 0.1) is 6.54 Å². The number of hydrogen-bond donors (Lipinski definition) is 0. The second kappa shape index (κ2) is 9.48. The first-order valence-corrected chi connectivity index (χ1v) is 10.2. The highest BCUT2D eigenvalue weighted by Crippen LogP contribution is 2.23. The zero-order valence-corrected chi connectivity index (χ0v) is 16.8. The first-order chi connectivity index (χ1) is 14.7. The van der Waals surface area contributed by atoms with E-state index in [-0.39, 0.29) is 11.7 Å². The van der Waals surface area contributed by atoms with Gasteiger partial charge in [-0.1, -0.05) is 12.1 Å². The Kier molecular flexibility index (Phi) is 6.32. The van der Waals surface area contributed by atoms with Crippen molar-refractivity contribution in [1.82, 2.24) is 4.90 Å². The Labute approximate surface area is 176 Å². The van der Waals surface area contributed by atoms with Crippen LogP contribution >= 0.6 is 0 Å². The van der Waals surface area contributed by atoms with Crippen molar-refractivity contribution < 1.29 is 18.7 Å². The molecular formula is C24H25FN2O3. The highest BCUT2D eigenvalue weighted by Gasteiger charge is 2.19. The van der Waals surface area contributed by atoms with Crippen LogP contribution in [0.1, 0.15) is 18.4 Å². The fourth-order valence-corrected chi connectivity index (χ4v) is 3.47. The molecule has 2 aliphatic rings. The van der Waals surface area contributed by atoms with E-state index in [0.29, 0.717) is 32.7 Å². The van der Waals surface area contributed by atoms with Crippen LogP contribution in [0.4, 0.5) is 10.1 Å². The number of carbonyl (C=O) groups is 1. The molecule has 0 N–H and O–H groups in total. The predicted molar refractivity (Wildman–Crippen MR) is 114 cm³/mol. The first kappa shape index (κ1) is 20.0. The molecule has 1 amide bonds. The lowest BCUT2D eigenvalue weighted by atomic mass is 10.2. The van der Waals surface area contributed by atoms with Gasteiger partial charge in [-0.15, -0.1) is 0 Å². The summed E-state index contributed by atoms with van der Waals surface area (Å²) in [6, 6.07) is 14.2. The summed E-state index contributed by atoms with van der Waals surface area (Å²) in [5.74, 6) is 1.57. The van der Waals surface area contributed by atoms with Crippen LogP contribution in [0.25, 0.3) is 0 Å². The smallest absolute Gasteiger partial charge is 0.222 e. The van der Waals surface area contributed by atoms with Gasteiger partial charge in [0.1, 0.15) is 30.5 Å². The Morgan fingerprint density at radius 1 is 1.00 bits per heavy atom. The van der Waals surface area contributed by atoms with E-state index in [4.69, 9.17) is 9.47 Å². The number of anilines is 1. The number of nitrogens with zero attached hydrogens (tertiary/aromatic N) is 2. The molecule has 0 radical (unpaired) electrons. The number of hydrogen-bond acceptors (Lipinski definition) is 4. The molecule has 0 unspecified atom stereocenters. The molecule has 1 fully saturated rings. The number of likely N-dealkylation sites (tertiary alicyclic amines) is 1. The number of benzene rings is 2. The fourth-order valence-electron chi connectivity index (χ4n) is 3.47. The number of allylic oxidation sites excluding steroid dienone is 1. The third-order valence-corrected chi connectivity index (χ3v) is 5.20. The van der Waals surface area contributed by atoms with Crippen LogP contribution in [-0.2, 0) is 16.1 Å². The molecule has 0 spiro atoms. The number of halogens is 1. The molecule has 2 aromatic carbocycles. The lowest BCUT2D eigenvalue weighted by molar-refractivity contribution is -0.128. The Hall–Kier alpha value is -3.28. The van der Waals surface area contributed by atoms with Crippen LogP contribution in [-0.4, -0.2) is 37.0 Å². The van der Waals surface area contributed by atoms with Crippen LogP contribution < -0.4 is 9.64 Å². The minimum absolute atomic E-state index is 0.222. The fraction of sp³-hybridized carbons (Fsp3) is 0.292. The minimum Gasteiger partial charge on any atom is -0.492 e. The van der Waals surface area contributed by atoms with Gasteiger partial charge >= 0.3 is 0 Å². The molecule has 1 saturated heterocycles. The maximum atomic E-state index is 13.0. The normalized spacial score (nSPS) is 16.0. The number of carbonyl (C=O) groups excluding carboxylic acids is 1. The van der Waals surface area contributed by atoms with E-state index < -0.39 is 0 Å². The minimum atomic E-state index is -0.246. The monoisotopic (exact) mass is 408 g/mol. The lowest BCUT2D eigenvalue weighted by Gasteiger charge is -2.23. The number of amides is 1. The van der Waals surface area contributed by atoms with E-state index in [2.05, 4.69) is 4.90 Å². The van der Waals surface area contributed by atoms with Gasteiger partial charge in [-0.2, -0.15) is 0 Å². The summed E-state index contributed by atoms with van der Waals surface area (Å²) in [5.41, 5.74) is 1.99. The number of rotatable bonds is 8. The summed E-state index contributed by atoms with van der Waals surface area (Å²) in [5, 5.41) is 0. The van der Waals surface area contributed by atoms with Crippen LogP contribution in [0, 0.1) is 5.82 Å². The van der Waals surface area contributed by atoms with E-state index >= 15 is 0 Å². The van der Waals surface area contributed by atoms with Crippen molar-refractivity contribution >= 4 is 11.6 Å². The maximum Gasteiger partial charge on any atom is 0.222 e. The molecule has 0 aliphatic carbocycles. The van der Waals surface area contributed by atoms with E-state index in [9.17, 15) is 9.18 Å². The van der Waals surface area contributed by atoms with Gasteiger partial charge in [-0.05, 0) is 60.5 Å². The van der Waals surface area contributed by atoms with Crippen LogP contribution in [0.15, 0.2) is 72.6 Å². The molecule has 5 nitrogen and oxygen atoms in total. The summed E-state index contributed by atoms with van der Waals surface area (Å²) in [4.78, 5) is 15.6. The second-order valence-corrected chi connectivity index (χ2v) is 7.32. The van der Waals surface area contributed by atoms with Crippen LogP contribution in [0.5, 0.6) is 5.75 Å². The largest absolute Gasteiger partial charge is 0.492 e. The van der Waals surface area contributed by atoms with Gasteiger partial charge in [0, 0.05) is 31.4 Å². The van der Waals surface area contributed by atoms with Crippen molar-refractivity contribution in [3.63, 3.8) is 0 Å². The van der Waals surface area contributed by atoms with Crippen molar-refractivity contribution in [2.24, 2.45) is 0 Å². The average Bonchev–Trinajstić information content (AvgIpc) is 3.19. The van der Waals surface area contributed by atoms with E-state index in [1.165, 1.54) is 12.1 Å². The lowest BCUT2D eigenvalue weighted by Crippen LogP contribution is -2.29. The highest BCUT2D eigenvalue weighted by atomic mass is 19.1. The highest BCUT2D eigenvalue weighted by molar-refractivity contribution is 5.78. The van der Waals surface area contributed by atoms with Crippen molar-refractivity contribution in [2.45, 2.75) is 19.4 Å². The van der Waals surface area contributed by atoms with E-state index in [1.54, 1.807) is 12.1 Å². The van der Waals surface area contributed by atoms with Gasteiger partial charge in [0.15, 0.2) is 0 Å². The van der Waals surface area contributed by atoms with Crippen LogP contribution in [0.3, 0.4) is 0 Å². The molecule has 0 saturated carbocycles. The Morgan fingerprint density at radius 3 is 2.47 bits per heavy atom. The van der Waals surface area contributed by atoms with Gasteiger partial charge in [-0.25, -0.2) is 4.39 Å². The van der Waals surface area contributed by atoms with E-state index in [0.717, 1.165) is 35.7 Å². The molecule has 2 aromatic rings. The van der Waals surface area contributed by atoms with Gasteiger partial charge in [0.2, 0.25) is 5.91 Å². The molecule has 0 bridgehead atoms. The summed E-state index contributed by atoms with van der Waals surface area (Å²) in [7, 11) is 0. The molecule has 6 heteroatoms. The molecular weight excluding hydrogens is 383 g/mol. The molecule has 0 aromatic heterocycles. The summed E-state index contributed by atoms with van der Waals surface area (Å²) >= 11 is 0. The third kappa shape index (κ3) is 5.20. The molecule has 2 heterocycles. The van der Waals surface area contributed by atoms with Gasteiger partial charge in [-0.3, -0.25) is 4.79 Å². The predicted octanol–water partition coefficient (Wildman–Crippen LogP) is 4.26. The van der Waals surface area contributed by atoms with Gasteiger partial charge in [0.25, 0.3) is 0 Å². The molecule has 156 valence electrons. The SMILES string of the molecule is O=C1CCCN1CCOc1ccc(N2C=CC(OCc3ccc(F)cc3)=CC2)cc1. The zero-order chi connectivity index (χ0) is 20.8. The van der Waals surface area contributed by atoms with Crippen molar-refractivity contribution in [3.8, 4) is 5.75 Å². The molecule has 4 rings (SSSR count). The summed E-state index contributed by atoms with van der Waals surface area (Å²) < 4.78 is 24.5. The Balaban J connectivity index is 1.22. The molecule has 2 aliphatic heterocycles. The average molecular weight is 408 g/mol. The van der Waals surface area contributed by atoms with Crippen LogP contribution in [0.2, 0.25) is 0 Å². The quantitative estimate of drug-likeness (QED) is 0.655. The maximum absolute atomic E-state index is 13.0. The second-order valence-electron chi connectivity index (χ2n) is 7.32. The molecule has 0 atom stereocenters. The molecule has 30 heavy (non-hydrogen) atoms. The zero-order valence-electron chi connectivity index (χ0n) is 16.8. The third-order valence-electron chi connectivity index (χ3n) is 5.20. The standard InChI is InChI=1S/C24H25FN2O3/c25-20-5-3-19(4-6-20)18-30-23-11-14-26(15-12-23)21-7-9-22(10-8-21)29-17-16-27-13-1-2-24(27)28/h3-12,14H,1-2,13,15-18H2. The van der Waals surface area contributed by atoms with E-state index in [1.807, 2.05) is 47.5 Å². The Bertz CT molecular complexity index is 922. The van der Waals surface area contributed by atoms with Crippen molar-refractivity contribution in [3.05, 3.63) is 84.0 Å². The van der Waals surface area contributed by atoms with Gasteiger partial charge < -0.3 is 19.3 Å². The van der Waals surface area contributed by atoms with Crippen molar-refractivity contribution in [2.75, 3.05) is 31.1 Å². The summed E-state index contributed by atoms with van der Waals surface area (Å²) in [6.45, 7) is 3.09.